The Balaban J connectivity index is 2.55. The molecule has 1 aromatic rings. The zero-order valence-electron chi connectivity index (χ0n) is 11.7. The lowest BCUT2D eigenvalue weighted by molar-refractivity contribution is -0.123. The molecular formula is C15H24N2O. The summed E-state index contributed by atoms with van der Waals surface area (Å²) in [7, 11) is 0. The first kappa shape index (κ1) is 14.7. The van der Waals surface area contributed by atoms with Crippen molar-refractivity contribution >= 4 is 5.91 Å². The SMILES string of the molecule is Cc1ccccc1CC(C)NC(=O)C(N)C(C)C. The van der Waals surface area contributed by atoms with Crippen molar-refractivity contribution in [2.45, 2.75) is 46.2 Å². The van der Waals surface area contributed by atoms with Crippen LogP contribution < -0.4 is 11.1 Å². The second kappa shape index (κ2) is 6.55. The summed E-state index contributed by atoms with van der Waals surface area (Å²) in [5.74, 6) is 0.0988. The zero-order valence-corrected chi connectivity index (χ0v) is 11.7. The molecule has 2 atom stereocenters. The zero-order chi connectivity index (χ0) is 13.7. The molecule has 0 aromatic heterocycles. The van der Waals surface area contributed by atoms with Crippen LogP contribution in [-0.2, 0) is 11.2 Å². The quantitative estimate of drug-likeness (QED) is 0.837. The number of hydrogen-bond acceptors (Lipinski definition) is 2. The highest BCUT2D eigenvalue weighted by atomic mass is 16.2. The Morgan fingerprint density at radius 3 is 2.44 bits per heavy atom. The molecule has 0 radical (unpaired) electrons. The van der Waals surface area contributed by atoms with Crippen molar-refractivity contribution in [2.24, 2.45) is 11.7 Å². The van der Waals surface area contributed by atoms with E-state index in [0.717, 1.165) is 6.42 Å². The Bertz CT molecular complexity index is 401. The summed E-state index contributed by atoms with van der Waals surface area (Å²) in [5, 5.41) is 2.97. The van der Waals surface area contributed by atoms with Gasteiger partial charge in [-0.25, -0.2) is 0 Å². The first-order valence-electron chi connectivity index (χ1n) is 6.52. The average molecular weight is 248 g/mol. The Morgan fingerprint density at radius 1 is 1.28 bits per heavy atom. The first-order valence-corrected chi connectivity index (χ1v) is 6.52. The third kappa shape index (κ3) is 4.15. The summed E-state index contributed by atoms with van der Waals surface area (Å²) in [6, 6.07) is 7.91. The maximum Gasteiger partial charge on any atom is 0.237 e. The summed E-state index contributed by atoms with van der Waals surface area (Å²) in [4.78, 5) is 11.8. The van der Waals surface area contributed by atoms with Crippen molar-refractivity contribution in [3.63, 3.8) is 0 Å². The van der Waals surface area contributed by atoms with Gasteiger partial charge in [0, 0.05) is 6.04 Å². The van der Waals surface area contributed by atoms with Crippen molar-refractivity contribution < 1.29 is 4.79 Å². The lowest BCUT2D eigenvalue weighted by Crippen LogP contribution is -2.47. The van der Waals surface area contributed by atoms with Gasteiger partial charge >= 0.3 is 0 Å². The van der Waals surface area contributed by atoms with Crippen LogP contribution in [0.3, 0.4) is 0 Å². The van der Waals surface area contributed by atoms with E-state index in [1.807, 2.05) is 32.9 Å². The number of rotatable bonds is 5. The molecule has 1 aromatic carbocycles. The largest absolute Gasteiger partial charge is 0.352 e. The molecule has 3 nitrogen and oxygen atoms in total. The Morgan fingerprint density at radius 2 is 1.89 bits per heavy atom. The molecule has 0 aliphatic heterocycles. The number of carbonyl (C=O) groups excluding carboxylic acids is 1. The molecule has 0 spiro atoms. The number of amides is 1. The summed E-state index contributed by atoms with van der Waals surface area (Å²) in [6.07, 6.45) is 0.837. The number of hydrogen-bond donors (Lipinski definition) is 2. The number of nitrogens with two attached hydrogens (primary N) is 1. The van der Waals surface area contributed by atoms with Gasteiger partial charge in [-0.05, 0) is 37.3 Å². The van der Waals surface area contributed by atoms with Crippen LogP contribution in [0.15, 0.2) is 24.3 Å². The van der Waals surface area contributed by atoms with Gasteiger partial charge in [0.25, 0.3) is 0 Å². The summed E-state index contributed by atoms with van der Waals surface area (Å²) in [5.41, 5.74) is 8.34. The van der Waals surface area contributed by atoms with Crippen LogP contribution in [-0.4, -0.2) is 18.0 Å². The Hall–Kier alpha value is -1.35. The lowest BCUT2D eigenvalue weighted by atomic mass is 10.0. The number of benzene rings is 1. The molecule has 3 heteroatoms. The molecule has 0 bridgehead atoms. The van der Waals surface area contributed by atoms with E-state index in [1.54, 1.807) is 0 Å². The highest BCUT2D eigenvalue weighted by molar-refractivity contribution is 5.82. The van der Waals surface area contributed by atoms with Crippen molar-refractivity contribution in [2.75, 3.05) is 0 Å². The number of carbonyl (C=O) groups is 1. The molecule has 0 aliphatic carbocycles. The molecule has 0 heterocycles. The molecule has 0 saturated heterocycles. The second-order valence-corrected chi connectivity index (χ2v) is 5.31. The van der Waals surface area contributed by atoms with Crippen LogP contribution in [0.2, 0.25) is 0 Å². The fraction of sp³-hybridized carbons (Fsp3) is 0.533. The van der Waals surface area contributed by atoms with Gasteiger partial charge in [-0.1, -0.05) is 38.1 Å². The van der Waals surface area contributed by atoms with Crippen LogP contribution in [0.4, 0.5) is 0 Å². The first-order chi connectivity index (χ1) is 8.41. The minimum Gasteiger partial charge on any atom is -0.352 e. The van der Waals surface area contributed by atoms with Gasteiger partial charge in [-0.2, -0.15) is 0 Å². The van der Waals surface area contributed by atoms with Crippen LogP contribution in [0.5, 0.6) is 0 Å². The van der Waals surface area contributed by atoms with Gasteiger partial charge in [0.2, 0.25) is 5.91 Å². The van der Waals surface area contributed by atoms with E-state index >= 15 is 0 Å². The monoisotopic (exact) mass is 248 g/mol. The van der Waals surface area contributed by atoms with E-state index in [0.29, 0.717) is 0 Å². The predicted molar refractivity (Wildman–Crippen MR) is 75.3 cm³/mol. The van der Waals surface area contributed by atoms with E-state index in [4.69, 9.17) is 5.73 Å². The molecule has 0 fully saturated rings. The van der Waals surface area contributed by atoms with E-state index in [2.05, 4.69) is 24.4 Å². The van der Waals surface area contributed by atoms with E-state index in [1.165, 1.54) is 11.1 Å². The van der Waals surface area contributed by atoms with Crippen LogP contribution in [0, 0.1) is 12.8 Å². The number of nitrogens with one attached hydrogen (secondary N) is 1. The Kier molecular flexibility index (Phi) is 5.35. The average Bonchev–Trinajstić information content (AvgIpc) is 2.30. The second-order valence-electron chi connectivity index (χ2n) is 5.31. The van der Waals surface area contributed by atoms with Gasteiger partial charge < -0.3 is 11.1 Å². The minimum absolute atomic E-state index is 0.0638. The maximum absolute atomic E-state index is 11.8. The number of aryl methyl sites for hydroxylation is 1. The van der Waals surface area contributed by atoms with Gasteiger partial charge in [0.1, 0.15) is 0 Å². The van der Waals surface area contributed by atoms with E-state index in [-0.39, 0.29) is 17.9 Å². The van der Waals surface area contributed by atoms with Gasteiger partial charge in [0.05, 0.1) is 6.04 Å². The summed E-state index contributed by atoms with van der Waals surface area (Å²) < 4.78 is 0. The maximum atomic E-state index is 11.8. The molecule has 0 aliphatic rings. The normalized spacial score (nSPS) is 14.3. The van der Waals surface area contributed by atoms with Crippen LogP contribution in [0.1, 0.15) is 31.9 Å². The predicted octanol–water partition coefficient (Wildman–Crippen LogP) is 2.03. The smallest absolute Gasteiger partial charge is 0.237 e. The van der Waals surface area contributed by atoms with Gasteiger partial charge in [0.15, 0.2) is 0 Å². The van der Waals surface area contributed by atoms with Crippen molar-refractivity contribution in [1.82, 2.24) is 5.32 Å². The van der Waals surface area contributed by atoms with Crippen molar-refractivity contribution in [3.8, 4) is 0 Å². The molecule has 0 saturated carbocycles. The van der Waals surface area contributed by atoms with Gasteiger partial charge in [-0.15, -0.1) is 0 Å². The molecule has 1 rings (SSSR count). The third-order valence-corrected chi connectivity index (χ3v) is 3.20. The molecule has 2 unspecified atom stereocenters. The third-order valence-electron chi connectivity index (χ3n) is 3.20. The highest BCUT2D eigenvalue weighted by Gasteiger charge is 2.18. The minimum atomic E-state index is -0.427. The molecular weight excluding hydrogens is 224 g/mol. The summed E-state index contributed by atoms with van der Waals surface area (Å²) >= 11 is 0. The van der Waals surface area contributed by atoms with Gasteiger partial charge in [-0.3, -0.25) is 4.79 Å². The molecule has 1 amide bonds. The lowest BCUT2D eigenvalue weighted by Gasteiger charge is -2.20. The van der Waals surface area contributed by atoms with Crippen LogP contribution in [0.25, 0.3) is 0 Å². The fourth-order valence-corrected chi connectivity index (χ4v) is 1.86. The van der Waals surface area contributed by atoms with Crippen molar-refractivity contribution in [3.05, 3.63) is 35.4 Å². The van der Waals surface area contributed by atoms with Crippen molar-refractivity contribution in [1.29, 1.82) is 0 Å². The standard InChI is InChI=1S/C15H24N2O/c1-10(2)14(16)15(18)17-12(4)9-13-8-6-5-7-11(13)3/h5-8,10,12,14H,9,16H2,1-4H3,(H,17,18). The highest BCUT2D eigenvalue weighted by Crippen LogP contribution is 2.10. The molecule has 18 heavy (non-hydrogen) atoms. The molecule has 3 N–H and O–H groups in total. The van der Waals surface area contributed by atoms with E-state index in [9.17, 15) is 4.79 Å². The fourth-order valence-electron chi connectivity index (χ4n) is 1.86. The molecule has 100 valence electrons. The Labute approximate surface area is 110 Å². The summed E-state index contributed by atoms with van der Waals surface area (Å²) in [6.45, 7) is 8.01. The van der Waals surface area contributed by atoms with Crippen LogP contribution >= 0.6 is 0 Å². The van der Waals surface area contributed by atoms with E-state index < -0.39 is 6.04 Å². The topological polar surface area (TPSA) is 55.1 Å².